The normalized spacial score (nSPS) is 16.5. The van der Waals surface area contributed by atoms with Crippen LogP contribution in [0.25, 0.3) is 0 Å². The number of hydrogen-bond acceptors (Lipinski definition) is 2. The Balaban J connectivity index is 1.90. The molecule has 1 aromatic rings. The maximum Gasteiger partial charge on any atom is 0.0466 e. The number of ether oxygens (including phenoxy) is 1. The van der Waals surface area contributed by atoms with Gasteiger partial charge in [0.15, 0.2) is 0 Å². The van der Waals surface area contributed by atoms with Crippen LogP contribution in [0.3, 0.4) is 0 Å². The molecule has 0 spiro atoms. The van der Waals surface area contributed by atoms with E-state index in [0.717, 1.165) is 43.7 Å². The van der Waals surface area contributed by atoms with E-state index in [1.165, 1.54) is 18.4 Å². The van der Waals surface area contributed by atoms with Gasteiger partial charge in [-0.05, 0) is 50.2 Å². The Morgan fingerprint density at radius 2 is 2.16 bits per heavy atom. The summed E-state index contributed by atoms with van der Waals surface area (Å²) in [6.45, 7) is 4.72. The minimum absolute atomic E-state index is 0.495. The van der Waals surface area contributed by atoms with Gasteiger partial charge in [-0.15, -0.1) is 0 Å². The monoisotopic (exact) mass is 281 g/mol. The minimum Gasteiger partial charge on any atom is -0.382 e. The zero-order chi connectivity index (χ0) is 13.5. The van der Waals surface area contributed by atoms with Crippen molar-refractivity contribution < 1.29 is 4.74 Å². The molecule has 2 rings (SSSR count). The predicted octanol–water partition coefficient (Wildman–Crippen LogP) is 3.99. The standard InChI is InChI=1S/C16H24ClNO/c1-2-19-11-5-6-13(12-18-14-9-10-14)15-7-3-4-8-16(15)17/h3-4,7-8,13-14,18H,2,5-6,9-12H2,1H3. The van der Waals surface area contributed by atoms with Crippen molar-refractivity contribution in [3.8, 4) is 0 Å². The average molecular weight is 282 g/mol. The Hall–Kier alpha value is -0.570. The second-order valence-electron chi connectivity index (χ2n) is 5.24. The zero-order valence-electron chi connectivity index (χ0n) is 11.7. The Bertz CT molecular complexity index is 379. The van der Waals surface area contributed by atoms with Crippen LogP contribution in [-0.2, 0) is 4.74 Å². The lowest BCUT2D eigenvalue weighted by atomic mass is 9.94. The fourth-order valence-corrected chi connectivity index (χ4v) is 2.64. The molecule has 0 amide bonds. The number of halogens is 1. The molecule has 0 aromatic heterocycles. The molecule has 2 nitrogen and oxygen atoms in total. The first-order valence-corrected chi connectivity index (χ1v) is 7.74. The number of hydrogen-bond donors (Lipinski definition) is 1. The predicted molar refractivity (Wildman–Crippen MR) is 80.9 cm³/mol. The van der Waals surface area contributed by atoms with E-state index < -0.39 is 0 Å². The Labute approximate surface area is 121 Å². The van der Waals surface area contributed by atoms with Gasteiger partial charge in [0.1, 0.15) is 0 Å². The summed E-state index contributed by atoms with van der Waals surface area (Å²) in [5, 5.41) is 4.51. The molecule has 1 atom stereocenters. The van der Waals surface area contributed by atoms with Crippen molar-refractivity contribution in [2.24, 2.45) is 0 Å². The number of benzene rings is 1. The molecule has 1 saturated carbocycles. The molecule has 1 aliphatic carbocycles. The molecule has 1 unspecified atom stereocenters. The fraction of sp³-hybridized carbons (Fsp3) is 0.625. The minimum atomic E-state index is 0.495. The molecule has 106 valence electrons. The first-order valence-electron chi connectivity index (χ1n) is 7.36. The Morgan fingerprint density at radius 1 is 1.37 bits per heavy atom. The van der Waals surface area contributed by atoms with Crippen LogP contribution in [0.5, 0.6) is 0 Å². The van der Waals surface area contributed by atoms with Crippen LogP contribution in [0.15, 0.2) is 24.3 Å². The van der Waals surface area contributed by atoms with Crippen LogP contribution in [0.2, 0.25) is 5.02 Å². The molecule has 0 saturated heterocycles. The highest BCUT2D eigenvalue weighted by molar-refractivity contribution is 6.31. The summed E-state index contributed by atoms with van der Waals surface area (Å²) in [4.78, 5) is 0. The molecule has 19 heavy (non-hydrogen) atoms. The van der Waals surface area contributed by atoms with Crippen LogP contribution >= 0.6 is 11.6 Å². The van der Waals surface area contributed by atoms with E-state index in [1.54, 1.807) is 0 Å². The van der Waals surface area contributed by atoms with Crippen LogP contribution in [0.1, 0.15) is 44.1 Å². The maximum atomic E-state index is 6.33. The number of rotatable bonds is 9. The summed E-state index contributed by atoms with van der Waals surface area (Å²) in [5.41, 5.74) is 1.27. The van der Waals surface area contributed by atoms with Crippen molar-refractivity contribution in [1.29, 1.82) is 0 Å². The highest BCUT2D eigenvalue weighted by Gasteiger charge is 2.23. The van der Waals surface area contributed by atoms with Crippen molar-refractivity contribution >= 4 is 11.6 Å². The van der Waals surface area contributed by atoms with Gasteiger partial charge in [-0.25, -0.2) is 0 Å². The lowest BCUT2D eigenvalue weighted by molar-refractivity contribution is 0.141. The Morgan fingerprint density at radius 3 is 2.84 bits per heavy atom. The van der Waals surface area contributed by atoms with Crippen molar-refractivity contribution in [2.45, 2.75) is 44.6 Å². The van der Waals surface area contributed by atoms with Crippen LogP contribution in [-0.4, -0.2) is 25.8 Å². The third-order valence-corrected chi connectivity index (χ3v) is 3.96. The van der Waals surface area contributed by atoms with Gasteiger partial charge in [-0.1, -0.05) is 29.8 Å². The lowest BCUT2D eigenvalue weighted by Gasteiger charge is -2.19. The van der Waals surface area contributed by atoms with Crippen LogP contribution < -0.4 is 5.32 Å². The van der Waals surface area contributed by atoms with E-state index in [1.807, 2.05) is 19.1 Å². The summed E-state index contributed by atoms with van der Waals surface area (Å²) in [6.07, 6.45) is 4.88. The van der Waals surface area contributed by atoms with E-state index in [4.69, 9.17) is 16.3 Å². The van der Waals surface area contributed by atoms with E-state index in [0.29, 0.717) is 5.92 Å². The maximum absolute atomic E-state index is 6.33. The summed E-state index contributed by atoms with van der Waals surface area (Å²) in [7, 11) is 0. The second-order valence-corrected chi connectivity index (χ2v) is 5.65. The van der Waals surface area contributed by atoms with Crippen molar-refractivity contribution in [3.63, 3.8) is 0 Å². The first-order chi connectivity index (χ1) is 9.31. The largest absolute Gasteiger partial charge is 0.382 e. The van der Waals surface area contributed by atoms with Gasteiger partial charge in [0.25, 0.3) is 0 Å². The van der Waals surface area contributed by atoms with E-state index in [2.05, 4.69) is 17.4 Å². The average Bonchev–Trinajstić information content (AvgIpc) is 3.23. The molecule has 0 radical (unpaired) electrons. The number of nitrogens with one attached hydrogen (secondary N) is 1. The molecular weight excluding hydrogens is 258 g/mol. The van der Waals surface area contributed by atoms with Crippen LogP contribution in [0.4, 0.5) is 0 Å². The SMILES string of the molecule is CCOCCCC(CNC1CC1)c1ccccc1Cl. The summed E-state index contributed by atoms with van der Waals surface area (Å²) in [5.74, 6) is 0.495. The van der Waals surface area contributed by atoms with Gasteiger partial charge in [0, 0.05) is 30.8 Å². The highest BCUT2D eigenvalue weighted by Crippen LogP contribution is 2.29. The molecule has 1 aromatic carbocycles. The van der Waals surface area contributed by atoms with Gasteiger partial charge < -0.3 is 10.1 Å². The van der Waals surface area contributed by atoms with Gasteiger partial charge >= 0.3 is 0 Å². The van der Waals surface area contributed by atoms with Gasteiger partial charge in [-0.3, -0.25) is 0 Å². The molecule has 1 N–H and O–H groups in total. The molecule has 1 aliphatic rings. The summed E-state index contributed by atoms with van der Waals surface area (Å²) in [6, 6.07) is 8.97. The second kappa shape index (κ2) is 7.88. The van der Waals surface area contributed by atoms with Gasteiger partial charge in [0.05, 0.1) is 0 Å². The molecule has 0 aliphatic heterocycles. The first kappa shape index (κ1) is 14.8. The topological polar surface area (TPSA) is 21.3 Å². The lowest BCUT2D eigenvalue weighted by Crippen LogP contribution is -2.24. The molecule has 3 heteroatoms. The third kappa shape index (κ3) is 5.13. The highest BCUT2D eigenvalue weighted by atomic mass is 35.5. The third-order valence-electron chi connectivity index (χ3n) is 3.62. The smallest absolute Gasteiger partial charge is 0.0466 e. The molecule has 0 bridgehead atoms. The van der Waals surface area contributed by atoms with Crippen molar-refractivity contribution in [2.75, 3.05) is 19.8 Å². The molecule has 1 fully saturated rings. The van der Waals surface area contributed by atoms with Gasteiger partial charge in [0.2, 0.25) is 0 Å². The van der Waals surface area contributed by atoms with Gasteiger partial charge in [-0.2, -0.15) is 0 Å². The summed E-state index contributed by atoms with van der Waals surface area (Å²) < 4.78 is 5.43. The van der Waals surface area contributed by atoms with Crippen molar-refractivity contribution in [3.05, 3.63) is 34.9 Å². The van der Waals surface area contributed by atoms with Crippen LogP contribution in [0, 0.1) is 0 Å². The zero-order valence-corrected chi connectivity index (χ0v) is 12.5. The molecule has 0 heterocycles. The van der Waals surface area contributed by atoms with E-state index in [-0.39, 0.29) is 0 Å². The van der Waals surface area contributed by atoms with E-state index in [9.17, 15) is 0 Å². The molecular formula is C16H24ClNO. The van der Waals surface area contributed by atoms with Crippen molar-refractivity contribution in [1.82, 2.24) is 5.32 Å². The van der Waals surface area contributed by atoms with E-state index >= 15 is 0 Å². The Kier molecular flexibility index (Phi) is 6.15. The summed E-state index contributed by atoms with van der Waals surface area (Å²) >= 11 is 6.33. The fourth-order valence-electron chi connectivity index (χ4n) is 2.35. The quantitative estimate of drug-likeness (QED) is 0.691.